The van der Waals surface area contributed by atoms with Crippen LogP contribution in [-0.2, 0) is 11.2 Å². The predicted molar refractivity (Wildman–Crippen MR) is 122 cm³/mol. The minimum atomic E-state index is -0.0439. The number of ether oxygens (including phenoxy) is 2. The largest absolute Gasteiger partial charge is 0.493 e. The molecular weight excluding hydrogens is 390 g/mol. The van der Waals surface area contributed by atoms with Gasteiger partial charge in [0.15, 0.2) is 11.5 Å². The summed E-state index contributed by atoms with van der Waals surface area (Å²) in [7, 11) is 3.21. The Morgan fingerprint density at radius 1 is 1.00 bits per heavy atom. The number of carbonyl (C=O) groups excluding carboxylic acids is 1. The molecule has 0 radical (unpaired) electrons. The maximum Gasteiger partial charge on any atom is 0.224 e. The van der Waals surface area contributed by atoms with Gasteiger partial charge in [-0.05, 0) is 54.8 Å². The summed E-state index contributed by atoms with van der Waals surface area (Å²) in [5, 5.41) is 2.99. The monoisotopic (exact) mass is 415 g/mol. The highest BCUT2D eigenvalue weighted by Gasteiger charge is 2.09. The van der Waals surface area contributed by atoms with Gasteiger partial charge in [-0.3, -0.25) is 4.79 Å². The zero-order valence-electron chi connectivity index (χ0n) is 17.9. The van der Waals surface area contributed by atoms with E-state index in [0.717, 1.165) is 28.2 Å². The lowest BCUT2D eigenvalue weighted by atomic mass is 10.1. The van der Waals surface area contributed by atoms with Crippen molar-refractivity contribution in [2.75, 3.05) is 19.5 Å². The maximum absolute atomic E-state index is 12.5. The van der Waals surface area contributed by atoms with E-state index in [0.29, 0.717) is 24.3 Å². The quantitative estimate of drug-likeness (QED) is 0.466. The first kappa shape index (κ1) is 20.5. The van der Waals surface area contributed by atoms with Crippen LogP contribution in [0.1, 0.15) is 17.5 Å². The van der Waals surface area contributed by atoms with Gasteiger partial charge in [-0.15, -0.1) is 0 Å². The van der Waals surface area contributed by atoms with Gasteiger partial charge < -0.3 is 19.2 Å². The number of methoxy groups -OCH3 is 2. The summed E-state index contributed by atoms with van der Waals surface area (Å²) in [5.74, 6) is 1.29. The molecule has 2 aromatic heterocycles. The highest BCUT2D eigenvalue weighted by molar-refractivity contribution is 5.91. The molecule has 1 N–H and O–H groups in total. The minimum absolute atomic E-state index is 0.0439. The molecule has 2 aromatic carbocycles. The van der Waals surface area contributed by atoms with E-state index < -0.39 is 0 Å². The molecule has 0 fully saturated rings. The molecule has 4 aromatic rings. The van der Waals surface area contributed by atoms with Crippen molar-refractivity contribution < 1.29 is 14.3 Å². The normalized spacial score (nSPS) is 10.8. The van der Waals surface area contributed by atoms with Crippen LogP contribution in [-0.4, -0.2) is 29.5 Å². The molecule has 0 saturated carbocycles. The fourth-order valence-corrected chi connectivity index (χ4v) is 3.52. The van der Waals surface area contributed by atoms with Gasteiger partial charge in [-0.25, -0.2) is 4.98 Å². The van der Waals surface area contributed by atoms with Gasteiger partial charge >= 0.3 is 0 Å². The van der Waals surface area contributed by atoms with E-state index in [4.69, 9.17) is 9.47 Å². The molecule has 2 heterocycles. The lowest BCUT2D eigenvalue weighted by molar-refractivity contribution is -0.116. The fraction of sp³-hybridized carbons (Fsp3) is 0.200. The number of aromatic nitrogens is 2. The third-order valence-electron chi connectivity index (χ3n) is 5.13. The molecule has 0 saturated heterocycles. The second-order valence-electron chi connectivity index (χ2n) is 7.42. The summed E-state index contributed by atoms with van der Waals surface area (Å²) < 4.78 is 12.6. The number of aryl methyl sites for hydroxylation is 2. The average Bonchev–Trinajstić information content (AvgIpc) is 3.21. The van der Waals surface area contributed by atoms with Gasteiger partial charge in [0.25, 0.3) is 0 Å². The van der Waals surface area contributed by atoms with Crippen molar-refractivity contribution in [1.82, 2.24) is 9.38 Å². The topological polar surface area (TPSA) is 64.9 Å². The Bertz CT molecular complexity index is 1230. The Morgan fingerprint density at radius 3 is 2.65 bits per heavy atom. The van der Waals surface area contributed by atoms with Gasteiger partial charge in [0.1, 0.15) is 5.65 Å². The molecule has 4 rings (SSSR count). The van der Waals surface area contributed by atoms with Crippen molar-refractivity contribution >= 4 is 17.2 Å². The molecule has 0 spiro atoms. The third-order valence-corrected chi connectivity index (χ3v) is 5.13. The summed E-state index contributed by atoms with van der Waals surface area (Å²) >= 11 is 0. The average molecular weight is 415 g/mol. The number of imidazole rings is 1. The van der Waals surface area contributed by atoms with E-state index in [-0.39, 0.29) is 5.91 Å². The standard InChI is InChI=1S/C25H25N3O3/c1-17-7-11-24-27-21(16-28(24)15-17)19-5-4-6-20(14-19)26-25(29)12-9-18-8-10-22(30-2)23(13-18)31-3/h4-8,10-11,13-16H,9,12H2,1-3H3,(H,26,29). The summed E-state index contributed by atoms with van der Waals surface area (Å²) in [5.41, 5.74) is 5.66. The van der Waals surface area contributed by atoms with Crippen LogP contribution >= 0.6 is 0 Å². The van der Waals surface area contributed by atoms with E-state index in [1.165, 1.54) is 5.56 Å². The first-order valence-corrected chi connectivity index (χ1v) is 10.1. The van der Waals surface area contributed by atoms with Gasteiger partial charge in [-0.2, -0.15) is 0 Å². The summed E-state index contributed by atoms with van der Waals surface area (Å²) in [6.45, 7) is 2.05. The van der Waals surface area contributed by atoms with E-state index in [1.807, 2.05) is 71.4 Å². The minimum Gasteiger partial charge on any atom is -0.493 e. The van der Waals surface area contributed by atoms with Gasteiger partial charge in [0, 0.05) is 30.1 Å². The number of fused-ring (bicyclic) bond motifs is 1. The fourth-order valence-electron chi connectivity index (χ4n) is 3.52. The second-order valence-corrected chi connectivity index (χ2v) is 7.42. The lowest BCUT2D eigenvalue weighted by Gasteiger charge is -2.10. The molecule has 0 aliphatic heterocycles. The first-order valence-electron chi connectivity index (χ1n) is 10.1. The maximum atomic E-state index is 12.5. The Hall–Kier alpha value is -3.80. The van der Waals surface area contributed by atoms with E-state index in [9.17, 15) is 4.79 Å². The molecule has 0 aliphatic rings. The van der Waals surface area contributed by atoms with Crippen LogP contribution in [0.2, 0.25) is 0 Å². The molecule has 6 nitrogen and oxygen atoms in total. The number of hydrogen-bond donors (Lipinski definition) is 1. The number of carbonyl (C=O) groups is 1. The van der Waals surface area contributed by atoms with Crippen LogP contribution in [0.25, 0.3) is 16.9 Å². The number of amides is 1. The number of nitrogens with one attached hydrogen (secondary N) is 1. The van der Waals surface area contributed by atoms with Crippen molar-refractivity contribution in [3.8, 4) is 22.8 Å². The molecule has 0 bridgehead atoms. The molecule has 0 aliphatic carbocycles. The second kappa shape index (κ2) is 8.92. The molecule has 0 unspecified atom stereocenters. The Labute approximate surface area is 181 Å². The van der Waals surface area contributed by atoms with Crippen molar-refractivity contribution in [3.05, 3.63) is 78.1 Å². The molecule has 1 amide bonds. The van der Waals surface area contributed by atoms with Crippen LogP contribution in [0.3, 0.4) is 0 Å². The van der Waals surface area contributed by atoms with Gasteiger partial charge in [-0.1, -0.05) is 24.3 Å². The zero-order valence-corrected chi connectivity index (χ0v) is 17.9. The van der Waals surface area contributed by atoms with Crippen molar-refractivity contribution in [2.45, 2.75) is 19.8 Å². The summed E-state index contributed by atoms with van der Waals surface area (Å²) in [6, 6.07) is 17.5. The Kier molecular flexibility index (Phi) is 5.89. The number of pyridine rings is 1. The van der Waals surface area contributed by atoms with Gasteiger partial charge in [0.2, 0.25) is 5.91 Å². The molecular formula is C25H25N3O3. The van der Waals surface area contributed by atoms with Crippen LogP contribution in [0.4, 0.5) is 5.69 Å². The van der Waals surface area contributed by atoms with Crippen LogP contribution in [0, 0.1) is 6.92 Å². The van der Waals surface area contributed by atoms with Crippen LogP contribution in [0.15, 0.2) is 67.0 Å². The number of hydrogen-bond acceptors (Lipinski definition) is 4. The third kappa shape index (κ3) is 4.69. The summed E-state index contributed by atoms with van der Waals surface area (Å²) in [6.07, 6.45) is 5.02. The number of anilines is 1. The lowest BCUT2D eigenvalue weighted by Crippen LogP contribution is -2.12. The predicted octanol–water partition coefficient (Wildman–Crippen LogP) is 4.90. The van der Waals surface area contributed by atoms with Crippen molar-refractivity contribution in [2.24, 2.45) is 0 Å². The van der Waals surface area contributed by atoms with E-state index in [2.05, 4.69) is 17.2 Å². The van der Waals surface area contributed by atoms with Gasteiger partial charge in [0.05, 0.1) is 19.9 Å². The zero-order chi connectivity index (χ0) is 21.8. The van der Waals surface area contributed by atoms with Crippen LogP contribution < -0.4 is 14.8 Å². The Balaban J connectivity index is 1.43. The first-order chi connectivity index (χ1) is 15.1. The molecule has 31 heavy (non-hydrogen) atoms. The SMILES string of the molecule is COc1ccc(CCC(=O)Nc2cccc(-c3cn4cc(C)ccc4n3)c2)cc1OC. The van der Waals surface area contributed by atoms with Crippen molar-refractivity contribution in [1.29, 1.82) is 0 Å². The smallest absolute Gasteiger partial charge is 0.224 e. The highest BCUT2D eigenvalue weighted by atomic mass is 16.5. The number of benzene rings is 2. The highest BCUT2D eigenvalue weighted by Crippen LogP contribution is 2.28. The van der Waals surface area contributed by atoms with E-state index >= 15 is 0 Å². The molecule has 6 heteroatoms. The van der Waals surface area contributed by atoms with Crippen molar-refractivity contribution in [3.63, 3.8) is 0 Å². The molecule has 0 atom stereocenters. The number of rotatable bonds is 7. The van der Waals surface area contributed by atoms with E-state index in [1.54, 1.807) is 14.2 Å². The Morgan fingerprint density at radius 2 is 1.84 bits per heavy atom. The molecule has 158 valence electrons. The van der Waals surface area contributed by atoms with Crippen LogP contribution in [0.5, 0.6) is 11.5 Å². The summed E-state index contributed by atoms with van der Waals surface area (Å²) in [4.78, 5) is 17.2. The number of nitrogens with zero attached hydrogens (tertiary/aromatic N) is 2.